The lowest BCUT2D eigenvalue weighted by Crippen LogP contribution is -2.49. The van der Waals surface area contributed by atoms with Crippen molar-refractivity contribution >= 4 is 5.91 Å². The van der Waals surface area contributed by atoms with Gasteiger partial charge in [-0.25, -0.2) is 4.39 Å². The zero-order valence-electron chi connectivity index (χ0n) is 17.0. The maximum Gasteiger partial charge on any atom is 0.230 e. The van der Waals surface area contributed by atoms with Gasteiger partial charge in [0.05, 0.1) is 18.2 Å². The second-order valence-corrected chi connectivity index (χ2v) is 7.46. The first-order valence-corrected chi connectivity index (χ1v) is 10.2. The van der Waals surface area contributed by atoms with Crippen molar-refractivity contribution in [1.29, 1.82) is 0 Å². The Morgan fingerprint density at radius 2 is 1.83 bits per heavy atom. The summed E-state index contributed by atoms with van der Waals surface area (Å²) in [4.78, 5) is 17.2. The third-order valence-corrected chi connectivity index (χ3v) is 5.54. The molecule has 1 saturated heterocycles. The van der Waals surface area contributed by atoms with E-state index >= 15 is 0 Å². The maximum atomic E-state index is 13.6. The minimum atomic E-state index is -0.329. The lowest BCUT2D eigenvalue weighted by atomic mass is 9.95. The number of tetrazole rings is 1. The monoisotopic (exact) mass is 408 g/mol. The summed E-state index contributed by atoms with van der Waals surface area (Å²) in [6.45, 7) is 5.42. The van der Waals surface area contributed by atoms with Crippen molar-refractivity contribution in [3.05, 3.63) is 71.8 Å². The van der Waals surface area contributed by atoms with Crippen LogP contribution in [0.3, 0.4) is 0 Å². The van der Waals surface area contributed by atoms with Gasteiger partial charge in [0.1, 0.15) is 5.82 Å². The number of nitrogens with zero attached hydrogens (tertiary/aromatic N) is 6. The molecule has 0 N–H and O–H groups in total. The molecule has 156 valence electrons. The smallest absolute Gasteiger partial charge is 0.230 e. The number of hydrogen-bond donors (Lipinski definition) is 0. The fraction of sp³-hybridized carbons (Fsp3) is 0.364. The summed E-state index contributed by atoms with van der Waals surface area (Å²) in [5.41, 5.74) is 1.67. The maximum absolute atomic E-state index is 13.6. The SMILES string of the molecule is CC[C@H](C(=O)N1CCN(Cc2nnnn2-c2cccc(F)c2)CC1)c1ccccc1. The molecule has 1 aliphatic heterocycles. The molecule has 1 aliphatic rings. The molecule has 0 unspecified atom stereocenters. The molecule has 0 aliphatic carbocycles. The molecular formula is C22H25FN6O. The number of piperazine rings is 1. The van der Waals surface area contributed by atoms with Crippen LogP contribution in [-0.2, 0) is 11.3 Å². The molecule has 1 atom stereocenters. The van der Waals surface area contributed by atoms with Gasteiger partial charge < -0.3 is 4.90 Å². The van der Waals surface area contributed by atoms with Crippen LogP contribution in [0.5, 0.6) is 0 Å². The van der Waals surface area contributed by atoms with E-state index in [4.69, 9.17) is 0 Å². The molecule has 0 spiro atoms. The van der Waals surface area contributed by atoms with Gasteiger partial charge in [0, 0.05) is 26.2 Å². The highest BCUT2D eigenvalue weighted by molar-refractivity contribution is 5.83. The van der Waals surface area contributed by atoms with E-state index in [1.807, 2.05) is 35.2 Å². The average molecular weight is 408 g/mol. The third kappa shape index (κ3) is 4.38. The zero-order chi connectivity index (χ0) is 20.9. The van der Waals surface area contributed by atoms with Crippen LogP contribution < -0.4 is 0 Å². The molecule has 1 aromatic heterocycles. The van der Waals surface area contributed by atoms with E-state index in [2.05, 4.69) is 27.3 Å². The van der Waals surface area contributed by atoms with Crippen molar-refractivity contribution < 1.29 is 9.18 Å². The lowest BCUT2D eigenvalue weighted by molar-refractivity contribution is -0.134. The molecule has 3 aromatic rings. The molecule has 0 bridgehead atoms. The van der Waals surface area contributed by atoms with E-state index in [0.29, 0.717) is 31.1 Å². The molecule has 7 nitrogen and oxygen atoms in total. The molecular weight excluding hydrogens is 383 g/mol. The van der Waals surface area contributed by atoms with E-state index in [0.717, 1.165) is 25.1 Å². The summed E-state index contributed by atoms with van der Waals surface area (Å²) in [5, 5.41) is 11.9. The van der Waals surface area contributed by atoms with Gasteiger partial charge in [0.15, 0.2) is 5.82 Å². The van der Waals surface area contributed by atoms with Crippen molar-refractivity contribution in [1.82, 2.24) is 30.0 Å². The Labute approximate surface area is 175 Å². The largest absolute Gasteiger partial charge is 0.340 e. The second-order valence-electron chi connectivity index (χ2n) is 7.46. The molecule has 2 aromatic carbocycles. The summed E-state index contributed by atoms with van der Waals surface area (Å²) in [7, 11) is 0. The number of benzene rings is 2. The van der Waals surface area contributed by atoms with Crippen LogP contribution in [0.2, 0.25) is 0 Å². The van der Waals surface area contributed by atoms with Gasteiger partial charge in [0.25, 0.3) is 0 Å². The fourth-order valence-corrected chi connectivity index (χ4v) is 3.90. The Bertz CT molecular complexity index is 984. The number of carbonyl (C=O) groups is 1. The highest BCUT2D eigenvalue weighted by atomic mass is 19.1. The molecule has 4 rings (SSSR count). The van der Waals surface area contributed by atoms with Gasteiger partial charge in [0.2, 0.25) is 5.91 Å². The van der Waals surface area contributed by atoms with Crippen LogP contribution in [0, 0.1) is 5.82 Å². The van der Waals surface area contributed by atoms with E-state index in [-0.39, 0.29) is 17.6 Å². The molecule has 30 heavy (non-hydrogen) atoms. The number of rotatable bonds is 6. The fourth-order valence-electron chi connectivity index (χ4n) is 3.90. The van der Waals surface area contributed by atoms with Crippen molar-refractivity contribution in [3.63, 3.8) is 0 Å². The summed E-state index contributed by atoms with van der Waals surface area (Å²) >= 11 is 0. The number of amides is 1. The average Bonchev–Trinajstić information content (AvgIpc) is 3.23. The number of halogens is 1. The van der Waals surface area contributed by atoms with Crippen molar-refractivity contribution in [3.8, 4) is 5.69 Å². The van der Waals surface area contributed by atoms with Crippen LogP contribution in [0.15, 0.2) is 54.6 Å². The minimum absolute atomic E-state index is 0.0991. The van der Waals surface area contributed by atoms with Crippen molar-refractivity contribution in [2.75, 3.05) is 26.2 Å². The predicted octanol–water partition coefficient (Wildman–Crippen LogP) is 2.64. The van der Waals surface area contributed by atoms with Gasteiger partial charge >= 0.3 is 0 Å². The van der Waals surface area contributed by atoms with E-state index in [1.54, 1.807) is 16.8 Å². The molecule has 2 heterocycles. The summed E-state index contributed by atoms with van der Waals surface area (Å²) in [5.74, 6) is 0.409. The Hall–Kier alpha value is -3.13. The summed E-state index contributed by atoms with van der Waals surface area (Å²) in [6, 6.07) is 16.2. The lowest BCUT2D eigenvalue weighted by Gasteiger charge is -2.36. The standard InChI is InChI=1S/C22H25FN6O/c1-2-20(17-7-4-3-5-8-17)22(30)28-13-11-27(12-14-28)16-21-24-25-26-29(21)19-10-6-9-18(23)15-19/h3-10,15,20H,2,11-14,16H2,1H3/t20-/m0/s1. The summed E-state index contributed by atoms with van der Waals surface area (Å²) < 4.78 is 15.1. The zero-order valence-corrected chi connectivity index (χ0v) is 17.0. The number of carbonyl (C=O) groups excluding carboxylic acids is 1. The van der Waals surface area contributed by atoms with Crippen LogP contribution in [-0.4, -0.2) is 62.1 Å². The topological polar surface area (TPSA) is 67.2 Å². The highest BCUT2D eigenvalue weighted by Crippen LogP contribution is 2.23. The first-order valence-electron chi connectivity index (χ1n) is 10.2. The van der Waals surface area contributed by atoms with E-state index < -0.39 is 0 Å². The second kappa shape index (κ2) is 9.13. The minimum Gasteiger partial charge on any atom is -0.340 e. The van der Waals surface area contributed by atoms with Gasteiger partial charge in [-0.3, -0.25) is 9.69 Å². The normalized spacial score (nSPS) is 15.9. The predicted molar refractivity (Wildman–Crippen MR) is 110 cm³/mol. The van der Waals surface area contributed by atoms with E-state index in [1.165, 1.54) is 12.1 Å². The van der Waals surface area contributed by atoms with Crippen LogP contribution >= 0.6 is 0 Å². The van der Waals surface area contributed by atoms with Crippen LogP contribution in [0.4, 0.5) is 4.39 Å². The first-order chi connectivity index (χ1) is 14.7. The van der Waals surface area contributed by atoms with Crippen LogP contribution in [0.25, 0.3) is 5.69 Å². The Kier molecular flexibility index (Phi) is 6.13. The molecule has 1 fully saturated rings. The van der Waals surface area contributed by atoms with Crippen LogP contribution in [0.1, 0.15) is 30.7 Å². The van der Waals surface area contributed by atoms with Crippen molar-refractivity contribution in [2.45, 2.75) is 25.8 Å². The quantitative estimate of drug-likeness (QED) is 0.627. The first kappa shape index (κ1) is 20.2. The summed E-state index contributed by atoms with van der Waals surface area (Å²) in [6.07, 6.45) is 0.783. The Balaban J connectivity index is 1.38. The van der Waals surface area contributed by atoms with Gasteiger partial charge in [-0.15, -0.1) is 5.10 Å². The Morgan fingerprint density at radius 1 is 1.07 bits per heavy atom. The Morgan fingerprint density at radius 3 is 2.53 bits per heavy atom. The number of aromatic nitrogens is 4. The van der Waals surface area contributed by atoms with Gasteiger partial charge in [-0.2, -0.15) is 4.68 Å². The number of hydrogen-bond acceptors (Lipinski definition) is 5. The van der Waals surface area contributed by atoms with Gasteiger partial charge in [-0.1, -0.05) is 43.3 Å². The van der Waals surface area contributed by atoms with E-state index in [9.17, 15) is 9.18 Å². The van der Waals surface area contributed by atoms with Crippen molar-refractivity contribution in [2.24, 2.45) is 0 Å². The molecule has 0 saturated carbocycles. The van der Waals surface area contributed by atoms with Gasteiger partial charge in [-0.05, 0) is 40.6 Å². The molecule has 0 radical (unpaired) electrons. The molecule has 1 amide bonds. The molecule has 8 heteroatoms. The third-order valence-electron chi connectivity index (χ3n) is 5.54. The highest BCUT2D eigenvalue weighted by Gasteiger charge is 2.28.